The van der Waals surface area contributed by atoms with E-state index < -0.39 is 0 Å². The van der Waals surface area contributed by atoms with E-state index in [1.54, 1.807) is 0 Å². The Morgan fingerprint density at radius 3 is 3.06 bits per heavy atom. The molecule has 0 spiro atoms. The van der Waals surface area contributed by atoms with E-state index in [1.807, 2.05) is 25.3 Å². The molecule has 1 N–H and O–H groups in total. The highest BCUT2D eigenvalue weighted by Gasteiger charge is 2.20. The molecule has 4 heteroatoms. The average Bonchev–Trinajstić information content (AvgIpc) is 3.14. The minimum atomic E-state index is 0.673. The fourth-order valence-corrected chi connectivity index (χ4v) is 1.77. The van der Waals surface area contributed by atoms with Crippen molar-refractivity contribution in [1.29, 1.82) is 0 Å². The van der Waals surface area contributed by atoms with Crippen LogP contribution in [0.15, 0.2) is 18.3 Å². The van der Waals surface area contributed by atoms with Gasteiger partial charge in [0.15, 0.2) is 11.6 Å². The maximum atomic E-state index is 5.57. The Hall–Kier alpha value is -1.29. The minimum Gasteiger partial charge on any atom is -0.490 e. The summed E-state index contributed by atoms with van der Waals surface area (Å²) in [5.74, 6) is 1.79. The lowest BCUT2D eigenvalue weighted by Crippen LogP contribution is -2.30. The van der Waals surface area contributed by atoms with E-state index >= 15 is 0 Å². The molecule has 0 saturated heterocycles. The van der Waals surface area contributed by atoms with E-state index in [0.717, 1.165) is 30.7 Å². The van der Waals surface area contributed by atoms with Gasteiger partial charge < -0.3 is 15.0 Å². The fraction of sp³-hybridized carbons (Fsp3) is 0.615. The monoisotopic (exact) mass is 235 g/mol. The number of pyridine rings is 1. The third kappa shape index (κ3) is 3.60. The Labute approximate surface area is 103 Å². The van der Waals surface area contributed by atoms with Gasteiger partial charge in [0.05, 0.1) is 6.61 Å². The van der Waals surface area contributed by atoms with Crippen LogP contribution in [0.3, 0.4) is 0 Å². The number of rotatable bonds is 7. The van der Waals surface area contributed by atoms with Gasteiger partial charge in [-0.2, -0.15) is 0 Å². The molecule has 2 rings (SSSR count). The molecular weight excluding hydrogens is 214 g/mol. The number of nitrogens with zero attached hydrogens (tertiary/aromatic N) is 2. The van der Waals surface area contributed by atoms with Crippen LogP contribution in [0.1, 0.15) is 19.8 Å². The lowest BCUT2D eigenvalue weighted by atomic mass is 10.4. The molecule has 1 aromatic rings. The van der Waals surface area contributed by atoms with Gasteiger partial charge in [0.25, 0.3) is 0 Å². The van der Waals surface area contributed by atoms with Crippen molar-refractivity contribution in [1.82, 2.24) is 10.3 Å². The number of aromatic nitrogens is 1. The highest BCUT2D eigenvalue weighted by Crippen LogP contribution is 2.24. The lowest BCUT2D eigenvalue weighted by molar-refractivity contribution is 0.339. The van der Waals surface area contributed by atoms with Gasteiger partial charge in [0.1, 0.15) is 0 Å². The molecule has 0 aliphatic heterocycles. The first kappa shape index (κ1) is 12.2. The van der Waals surface area contributed by atoms with Crippen LogP contribution in [0.2, 0.25) is 0 Å². The molecule has 1 aromatic heterocycles. The summed E-state index contributed by atoms with van der Waals surface area (Å²) >= 11 is 0. The molecule has 1 heterocycles. The number of hydrogen-bond donors (Lipinski definition) is 1. The lowest BCUT2D eigenvalue weighted by Gasteiger charge is -2.20. The summed E-state index contributed by atoms with van der Waals surface area (Å²) in [6.45, 7) is 4.62. The van der Waals surface area contributed by atoms with Crippen molar-refractivity contribution < 1.29 is 4.74 Å². The summed E-state index contributed by atoms with van der Waals surface area (Å²) in [5.41, 5.74) is 0. The van der Waals surface area contributed by atoms with Gasteiger partial charge >= 0.3 is 0 Å². The largest absolute Gasteiger partial charge is 0.490 e. The van der Waals surface area contributed by atoms with Crippen LogP contribution in [0.5, 0.6) is 5.75 Å². The maximum absolute atomic E-state index is 5.57. The third-order valence-corrected chi connectivity index (χ3v) is 2.87. The van der Waals surface area contributed by atoms with Gasteiger partial charge in [-0.25, -0.2) is 4.98 Å². The smallest absolute Gasteiger partial charge is 0.171 e. The predicted octanol–water partition coefficient (Wildman–Crippen LogP) is 1.67. The van der Waals surface area contributed by atoms with E-state index in [1.165, 1.54) is 12.8 Å². The van der Waals surface area contributed by atoms with Crippen LogP contribution in [0.25, 0.3) is 0 Å². The second-order valence-corrected chi connectivity index (χ2v) is 4.41. The Balaban J connectivity index is 1.89. The fourth-order valence-electron chi connectivity index (χ4n) is 1.77. The molecule has 0 atom stereocenters. The minimum absolute atomic E-state index is 0.673. The molecule has 1 fully saturated rings. The van der Waals surface area contributed by atoms with Gasteiger partial charge in [0.2, 0.25) is 0 Å². The van der Waals surface area contributed by atoms with E-state index in [0.29, 0.717) is 6.61 Å². The van der Waals surface area contributed by atoms with Crippen molar-refractivity contribution >= 4 is 5.82 Å². The molecular formula is C13H21N3O. The number of ether oxygens (including phenoxy) is 1. The van der Waals surface area contributed by atoms with Gasteiger partial charge in [-0.1, -0.05) is 0 Å². The summed E-state index contributed by atoms with van der Waals surface area (Å²) in [5, 5.41) is 3.50. The summed E-state index contributed by atoms with van der Waals surface area (Å²) in [6.07, 6.45) is 4.47. The first-order valence-corrected chi connectivity index (χ1v) is 6.33. The second kappa shape index (κ2) is 5.87. The van der Waals surface area contributed by atoms with E-state index in [9.17, 15) is 0 Å². The van der Waals surface area contributed by atoms with Crippen molar-refractivity contribution in [2.75, 3.05) is 31.6 Å². The van der Waals surface area contributed by atoms with Gasteiger partial charge in [-0.15, -0.1) is 0 Å². The average molecular weight is 235 g/mol. The Morgan fingerprint density at radius 2 is 2.35 bits per heavy atom. The van der Waals surface area contributed by atoms with E-state index in [-0.39, 0.29) is 0 Å². The Morgan fingerprint density at radius 1 is 1.53 bits per heavy atom. The first-order chi connectivity index (χ1) is 8.31. The zero-order chi connectivity index (χ0) is 12.1. The molecule has 1 aliphatic rings. The zero-order valence-electron chi connectivity index (χ0n) is 10.6. The summed E-state index contributed by atoms with van der Waals surface area (Å²) < 4.78 is 5.57. The molecule has 0 amide bonds. The Kier molecular flexibility index (Phi) is 4.20. The zero-order valence-corrected chi connectivity index (χ0v) is 10.6. The van der Waals surface area contributed by atoms with E-state index in [4.69, 9.17) is 4.74 Å². The van der Waals surface area contributed by atoms with E-state index in [2.05, 4.69) is 22.2 Å². The van der Waals surface area contributed by atoms with Crippen LogP contribution in [-0.4, -0.2) is 37.8 Å². The van der Waals surface area contributed by atoms with Gasteiger partial charge in [-0.3, -0.25) is 0 Å². The standard InChI is InChI=1S/C13H21N3O/c1-3-17-12-5-4-8-15-13(12)16(2)10-9-14-11-6-7-11/h4-5,8,11,14H,3,6-7,9-10H2,1-2H3. The number of likely N-dealkylation sites (N-methyl/N-ethyl adjacent to an activating group) is 1. The van der Waals surface area contributed by atoms with Crippen LogP contribution >= 0.6 is 0 Å². The topological polar surface area (TPSA) is 37.4 Å². The third-order valence-electron chi connectivity index (χ3n) is 2.87. The molecule has 0 unspecified atom stereocenters. The number of hydrogen-bond acceptors (Lipinski definition) is 4. The summed E-state index contributed by atoms with van der Waals surface area (Å²) in [7, 11) is 2.05. The van der Waals surface area contributed by atoms with Crippen LogP contribution in [0, 0.1) is 0 Å². The molecule has 94 valence electrons. The van der Waals surface area contributed by atoms with Crippen molar-refractivity contribution in [2.45, 2.75) is 25.8 Å². The van der Waals surface area contributed by atoms with Crippen LogP contribution in [-0.2, 0) is 0 Å². The Bertz CT molecular complexity index is 352. The van der Waals surface area contributed by atoms with Gasteiger partial charge in [-0.05, 0) is 31.9 Å². The molecule has 0 aromatic carbocycles. The van der Waals surface area contributed by atoms with Gasteiger partial charge in [0, 0.05) is 32.4 Å². The maximum Gasteiger partial charge on any atom is 0.171 e. The summed E-state index contributed by atoms with van der Waals surface area (Å²) in [6, 6.07) is 4.64. The molecule has 1 aliphatic carbocycles. The molecule has 0 bridgehead atoms. The van der Waals surface area contributed by atoms with Crippen LogP contribution < -0.4 is 15.0 Å². The molecule has 17 heavy (non-hydrogen) atoms. The molecule has 1 saturated carbocycles. The molecule has 0 radical (unpaired) electrons. The predicted molar refractivity (Wildman–Crippen MR) is 69.7 cm³/mol. The van der Waals surface area contributed by atoms with Crippen molar-refractivity contribution in [3.05, 3.63) is 18.3 Å². The SMILES string of the molecule is CCOc1cccnc1N(C)CCNC1CC1. The number of nitrogens with one attached hydrogen (secondary N) is 1. The normalized spacial score (nSPS) is 14.7. The van der Waals surface area contributed by atoms with Crippen molar-refractivity contribution in [3.63, 3.8) is 0 Å². The van der Waals surface area contributed by atoms with Crippen LogP contribution in [0.4, 0.5) is 5.82 Å². The highest BCUT2D eigenvalue weighted by atomic mass is 16.5. The quantitative estimate of drug-likeness (QED) is 0.780. The second-order valence-electron chi connectivity index (χ2n) is 4.41. The van der Waals surface area contributed by atoms with Crippen molar-refractivity contribution in [3.8, 4) is 5.75 Å². The summed E-state index contributed by atoms with van der Waals surface area (Å²) in [4.78, 5) is 6.52. The number of anilines is 1. The molecule has 4 nitrogen and oxygen atoms in total. The first-order valence-electron chi connectivity index (χ1n) is 6.33. The highest BCUT2D eigenvalue weighted by molar-refractivity contribution is 5.51. The van der Waals surface area contributed by atoms with Crippen molar-refractivity contribution in [2.24, 2.45) is 0 Å².